The third kappa shape index (κ3) is 5.11. The zero-order chi connectivity index (χ0) is 28.2. The topological polar surface area (TPSA) is 57.4 Å². The molecular formula is C35H46N4. The Kier molecular flexibility index (Phi) is 7.11. The summed E-state index contributed by atoms with van der Waals surface area (Å²) >= 11 is 0. The number of hydrogen-bond donors (Lipinski definition) is 2. The number of H-pyrrole nitrogens is 2. The van der Waals surface area contributed by atoms with E-state index in [1.807, 2.05) is 0 Å². The van der Waals surface area contributed by atoms with Gasteiger partial charge in [-0.05, 0) is 110 Å². The normalized spacial score (nSPS) is 18.6. The summed E-state index contributed by atoms with van der Waals surface area (Å²) in [4.78, 5) is 18.0. The summed E-state index contributed by atoms with van der Waals surface area (Å²) in [6.45, 7) is 22.9. The van der Waals surface area contributed by atoms with Gasteiger partial charge in [0.2, 0.25) is 0 Å². The Morgan fingerprint density at radius 1 is 0.846 bits per heavy atom. The van der Waals surface area contributed by atoms with Crippen LogP contribution in [0.2, 0.25) is 0 Å². The molecule has 1 unspecified atom stereocenters. The molecule has 0 radical (unpaired) electrons. The maximum Gasteiger partial charge on any atom is 0.0693 e. The van der Waals surface area contributed by atoms with Crippen LogP contribution in [0.15, 0.2) is 30.3 Å². The summed E-state index contributed by atoms with van der Waals surface area (Å²) in [6.07, 6.45) is 3.15. The predicted molar refractivity (Wildman–Crippen MR) is 167 cm³/mol. The molecular weight excluding hydrogens is 476 g/mol. The lowest BCUT2D eigenvalue weighted by Gasteiger charge is -2.25. The van der Waals surface area contributed by atoms with Crippen molar-refractivity contribution in [3.8, 4) is 0 Å². The van der Waals surface area contributed by atoms with Crippen molar-refractivity contribution < 1.29 is 0 Å². The van der Waals surface area contributed by atoms with Gasteiger partial charge in [0.25, 0.3) is 0 Å². The molecule has 3 atom stereocenters. The Hall–Kier alpha value is -3.14. The molecule has 39 heavy (non-hydrogen) atoms. The molecule has 4 heteroatoms. The van der Waals surface area contributed by atoms with Crippen molar-refractivity contribution >= 4 is 33.2 Å². The molecule has 2 aliphatic rings. The molecule has 8 bridgehead atoms. The molecule has 2 N–H and O–H groups in total. The van der Waals surface area contributed by atoms with E-state index in [9.17, 15) is 0 Å². The average Bonchev–Trinajstić information content (AvgIpc) is 3.54. The number of nitrogens with one attached hydrogen (secondary N) is 2. The van der Waals surface area contributed by atoms with Gasteiger partial charge < -0.3 is 9.97 Å². The van der Waals surface area contributed by atoms with E-state index in [2.05, 4.69) is 110 Å². The lowest BCUT2D eigenvalue weighted by atomic mass is 9.78. The Balaban J connectivity index is 1.91. The van der Waals surface area contributed by atoms with Gasteiger partial charge in [-0.25, -0.2) is 4.98 Å². The monoisotopic (exact) mass is 522 g/mol. The number of rotatable bonds is 4. The van der Waals surface area contributed by atoms with E-state index in [0.717, 1.165) is 41.7 Å². The van der Waals surface area contributed by atoms with E-state index in [-0.39, 0.29) is 5.41 Å². The van der Waals surface area contributed by atoms with Gasteiger partial charge in [0.15, 0.2) is 0 Å². The standard InChI is InChI=1S/C35H46N4/c1-11-19(3)34-23(7)30-16-28-22(6)26(18-35(8,9)10)31(37-28)14-24-13-20(4)27(36-24)15-32-25(12-2)21(5)29(38-32)17-33(34)39-30/h13-17,19,22,26,36,39H,11-12,18H2,1-10H3/t19-,22?,26+/m1/s1. The number of aromatic amines is 2. The maximum atomic E-state index is 5.30. The predicted octanol–water partition coefficient (Wildman–Crippen LogP) is 10.1. The number of allylic oxidation sites excluding steroid dienone is 2. The molecule has 0 aliphatic carbocycles. The molecule has 5 rings (SSSR count). The van der Waals surface area contributed by atoms with Crippen LogP contribution < -0.4 is 0 Å². The quantitative estimate of drug-likeness (QED) is 0.358. The number of fused-ring (bicyclic) bond motifs is 8. The van der Waals surface area contributed by atoms with Gasteiger partial charge in [0.1, 0.15) is 0 Å². The van der Waals surface area contributed by atoms with Crippen LogP contribution in [0.1, 0.15) is 132 Å². The molecule has 206 valence electrons. The Morgan fingerprint density at radius 3 is 2.23 bits per heavy atom. The molecule has 0 fully saturated rings. The summed E-state index contributed by atoms with van der Waals surface area (Å²) < 4.78 is 0. The number of aryl methyl sites for hydroxylation is 2. The fourth-order valence-electron chi connectivity index (χ4n) is 6.53. The highest BCUT2D eigenvalue weighted by atomic mass is 14.8. The second-order valence-corrected chi connectivity index (χ2v) is 13.2. The Labute approximate surface area is 234 Å². The summed E-state index contributed by atoms with van der Waals surface area (Å²) in [7, 11) is 0. The van der Waals surface area contributed by atoms with Crippen LogP contribution in [-0.4, -0.2) is 19.9 Å². The van der Waals surface area contributed by atoms with Crippen LogP contribution in [0.4, 0.5) is 0 Å². The van der Waals surface area contributed by atoms with Crippen LogP contribution in [0, 0.1) is 19.3 Å². The second-order valence-electron chi connectivity index (χ2n) is 13.2. The highest BCUT2D eigenvalue weighted by Gasteiger charge is 2.32. The van der Waals surface area contributed by atoms with Crippen molar-refractivity contribution in [2.75, 3.05) is 0 Å². The number of aromatic nitrogens is 4. The minimum atomic E-state index is 0.218. The molecule has 0 saturated carbocycles. The summed E-state index contributed by atoms with van der Waals surface area (Å²) in [5.74, 6) is 1.19. The highest BCUT2D eigenvalue weighted by Crippen LogP contribution is 2.44. The minimum Gasteiger partial charge on any atom is -0.355 e. The van der Waals surface area contributed by atoms with Gasteiger partial charge in [-0.3, -0.25) is 4.98 Å². The summed E-state index contributed by atoms with van der Waals surface area (Å²) in [5.41, 5.74) is 15.9. The molecule has 2 aliphatic heterocycles. The van der Waals surface area contributed by atoms with E-state index in [1.165, 1.54) is 50.3 Å². The SMILES string of the molecule is CCC1=C(C)c2cc3[nH]c(cc4nc(cc5cc(C)c(cc1n2)[nH]5)[C@@H](CC(C)(C)C)C4C)c(C)c3[C@H](C)CC. The lowest BCUT2D eigenvalue weighted by Crippen LogP contribution is -2.13. The maximum absolute atomic E-state index is 5.30. The van der Waals surface area contributed by atoms with E-state index in [0.29, 0.717) is 17.8 Å². The van der Waals surface area contributed by atoms with E-state index >= 15 is 0 Å². The first-order chi connectivity index (χ1) is 18.4. The van der Waals surface area contributed by atoms with Gasteiger partial charge in [0.05, 0.1) is 11.4 Å². The zero-order valence-electron chi connectivity index (χ0n) is 25.6. The van der Waals surface area contributed by atoms with E-state index < -0.39 is 0 Å². The molecule has 4 nitrogen and oxygen atoms in total. The average molecular weight is 523 g/mol. The number of nitrogens with zero attached hydrogens (tertiary/aromatic N) is 2. The van der Waals surface area contributed by atoms with Gasteiger partial charge in [-0.15, -0.1) is 0 Å². The van der Waals surface area contributed by atoms with Crippen molar-refractivity contribution in [3.63, 3.8) is 0 Å². The first kappa shape index (κ1) is 27.4. The summed E-state index contributed by atoms with van der Waals surface area (Å²) in [5, 5.41) is 0. The third-order valence-electron chi connectivity index (χ3n) is 8.99. The molecule has 0 saturated heterocycles. The van der Waals surface area contributed by atoms with Crippen LogP contribution in [0.5, 0.6) is 0 Å². The second kappa shape index (κ2) is 10.1. The zero-order valence-corrected chi connectivity index (χ0v) is 25.6. The fourth-order valence-corrected chi connectivity index (χ4v) is 6.53. The summed E-state index contributed by atoms with van der Waals surface area (Å²) in [6, 6.07) is 11.4. The first-order valence-electron chi connectivity index (χ1n) is 14.8. The van der Waals surface area contributed by atoms with Crippen molar-refractivity contribution in [1.82, 2.24) is 19.9 Å². The van der Waals surface area contributed by atoms with Crippen LogP contribution in [0.3, 0.4) is 0 Å². The van der Waals surface area contributed by atoms with Gasteiger partial charge in [-0.2, -0.15) is 0 Å². The minimum absolute atomic E-state index is 0.218. The highest BCUT2D eigenvalue weighted by molar-refractivity contribution is 5.92. The fraction of sp³-hybridized carbons (Fsp3) is 0.486. The van der Waals surface area contributed by atoms with Crippen LogP contribution in [0.25, 0.3) is 33.2 Å². The van der Waals surface area contributed by atoms with Crippen LogP contribution >= 0.6 is 0 Å². The molecule has 3 aromatic heterocycles. The van der Waals surface area contributed by atoms with Crippen molar-refractivity contribution in [1.29, 1.82) is 0 Å². The Bertz CT molecular complexity index is 1610. The van der Waals surface area contributed by atoms with E-state index in [4.69, 9.17) is 9.97 Å². The van der Waals surface area contributed by atoms with Crippen LogP contribution in [-0.2, 0) is 0 Å². The largest absolute Gasteiger partial charge is 0.355 e. The first-order valence-corrected chi connectivity index (χ1v) is 14.8. The molecule has 3 aromatic rings. The van der Waals surface area contributed by atoms with Gasteiger partial charge >= 0.3 is 0 Å². The van der Waals surface area contributed by atoms with Gasteiger partial charge in [0, 0.05) is 45.3 Å². The van der Waals surface area contributed by atoms with Gasteiger partial charge in [-0.1, -0.05) is 48.5 Å². The molecule has 0 spiro atoms. The van der Waals surface area contributed by atoms with E-state index in [1.54, 1.807) is 0 Å². The van der Waals surface area contributed by atoms with Crippen molar-refractivity contribution in [3.05, 3.63) is 69.8 Å². The van der Waals surface area contributed by atoms with Crippen molar-refractivity contribution in [2.24, 2.45) is 5.41 Å². The molecule has 5 heterocycles. The third-order valence-corrected chi connectivity index (χ3v) is 8.99. The molecule has 0 amide bonds. The smallest absolute Gasteiger partial charge is 0.0693 e. The lowest BCUT2D eigenvalue weighted by molar-refractivity contribution is 0.325. The van der Waals surface area contributed by atoms with Crippen molar-refractivity contribution in [2.45, 2.75) is 106 Å². The molecule has 0 aromatic carbocycles. The number of hydrogen-bond acceptors (Lipinski definition) is 2. The Morgan fingerprint density at radius 2 is 1.56 bits per heavy atom.